The fourth-order valence-electron chi connectivity index (χ4n) is 2.29. The highest BCUT2D eigenvalue weighted by Gasteiger charge is 2.18. The lowest BCUT2D eigenvalue weighted by molar-refractivity contribution is 0.585. The molecule has 1 N–H and O–H groups in total. The number of benzene rings is 1. The van der Waals surface area contributed by atoms with Crippen LogP contribution in [0.15, 0.2) is 38.0 Å². The van der Waals surface area contributed by atoms with Crippen LogP contribution in [-0.4, -0.2) is 13.1 Å². The van der Waals surface area contributed by atoms with E-state index in [0.29, 0.717) is 6.04 Å². The molecule has 3 rings (SSSR count). The average molecular weight is 308 g/mol. The Morgan fingerprint density at radius 2 is 1.83 bits per heavy atom. The first kappa shape index (κ1) is 11.8. The van der Waals surface area contributed by atoms with Crippen molar-refractivity contribution in [2.24, 2.45) is 0 Å². The van der Waals surface area contributed by atoms with Gasteiger partial charge in [0.15, 0.2) is 0 Å². The van der Waals surface area contributed by atoms with Crippen molar-refractivity contribution in [2.75, 3.05) is 7.05 Å². The lowest BCUT2D eigenvalue weighted by Gasteiger charge is -2.12. The molecule has 1 unspecified atom stereocenters. The van der Waals surface area contributed by atoms with Crippen molar-refractivity contribution in [2.45, 2.75) is 19.4 Å². The molecule has 94 valence electrons. The van der Waals surface area contributed by atoms with E-state index in [4.69, 9.17) is 8.83 Å². The number of nitrogens with one attached hydrogen (secondary N) is 1. The Kier molecular flexibility index (Phi) is 2.92. The normalized spacial score (nSPS) is 13.5. The molecule has 3 nitrogen and oxygen atoms in total. The van der Waals surface area contributed by atoms with Crippen LogP contribution in [0.5, 0.6) is 0 Å². The van der Waals surface area contributed by atoms with Crippen LogP contribution in [0, 0.1) is 0 Å². The number of fused-ring (bicyclic) bond motifs is 2. The van der Waals surface area contributed by atoms with E-state index < -0.39 is 0 Å². The highest BCUT2D eigenvalue weighted by molar-refractivity contribution is 9.10. The van der Waals surface area contributed by atoms with Crippen LogP contribution < -0.4 is 5.32 Å². The van der Waals surface area contributed by atoms with Crippen molar-refractivity contribution in [1.29, 1.82) is 0 Å². The van der Waals surface area contributed by atoms with Crippen LogP contribution in [0.4, 0.5) is 0 Å². The molecular formula is C14H14BrNO2. The van der Waals surface area contributed by atoms with Gasteiger partial charge in [-0.3, -0.25) is 0 Å². The SMILES string of the molecule is CNC(C)Cc1c2ccoc2c(Br)c2ccoc12. The van der Waals surface area contributed by atoms with Crippen LogP contribution in [0.3, 0.4) is 0 Å². The van der Waals surface area contributed by atoms with E-state index in [1.807, 2.05) is 19.2 Å². The van der Waals surface area contributed by atoms with Gasteiger partial charge in [-0.05, 0) is 48.5 Å². The molecule has 4 heteroatoms. The van der Waals surface area contributed by atoms with E-state index in [0.717, 1.165) is 32.8 Å². The van der Waals surface area contributed by atoms with Gasteiger partial charge in [0, 0.05) is 22.4 Å². The minimum atomic E-state index is 0.387. The van der Waals surface area contributed by atoms with Crippen molar-refractivity contribution >= 4 is 37.9 Å². The van der Waals surface area contributed by atoms with Crippen LogP contribution in [-0.2, 0) is 6.42 Å². The molecule has 18 heavy (non-hydrogen) atoms. The maximum atomic E-state index is 5.65. The standard InChI is InChI=1S/C14H14BrNO2/c1-8(16-2)7-11-9-3-5-18-14(9)12(15)10-4-6-17-13(10)11/h3-6,8,16H,7H2,1-2H3. The first-order chi connectivity index (χ1) is 8.72. The molecule has 3 aromatic rings. The number of furan rings is 2. The monoisotopic (exact) mass is 307 g/mol. The number of halogens is 1. The second-order valence-corrected chi connectivity index (χ2v) is 5.31. The zero-order valence-corrected chi connectivity index (χ0v) is 11.9. The Balaban J connectivity index is 2.33. The Morgan fingerprint density at radius 1 is 1.17 bits per heavy atom. The Hall–Kier alpha value is -1.26. The van der Waals surface area contributed by atoms with Crippen molar-refractivity contribution < 1.29 is 8.83 Å². The molecule has 0 bridgehead atoms. The lowest BCUT2D eigenvalue weighted by atomic mass is 10.0. The van der Waals surface area contributed by atoms with E-state index in [9.17, 15) is 0 Å². The first-order valence-corrected chi connectivity index (χ1v) is 6.73. The van der Waals surface area contributed by atoms with Gasteiger partial charge < -0.3 is 14.2 Å². The van der Waals surface area contributed by atoms with Gasteiger partial charge in [-0.1, -0.05) is 0 Å². The fourth-order valence-corrected chi connectivity index (χ4v) is 2.91. The summed E-state index contributed by atoms with van der Waals surface area (Å²) in [4.78, 5) is 0. The van der Waals surface area contributed by atoms with E-state index in [-0.39, 0.29) is 0 Å². The maximum absolute atomic E-state index is 5.65. The van der Waals surface area contributed by atoms with Gasteiger partial charge in [0.1, 0.15) is 11.2 Å². The van der Waals surface area contributed by atoms with Crippen molar-refractivity contribution in [3.63, 3.8) is 0 Å². The van der Waals surface area contributed by atoms with E-state index in [2.05, 4.69) is 28.2 Å². The van der Waals surface area contributed by atoms with E-state index in [1.54, 1.807) is 12.5 Å². The summed E-state index contributed by atoms with van der Waals surface area (Å²) in [6.07, 6.45) is 4.35. The summed E-state index contributed by atoms with van der Waals surface area (Å²) in [6, 6.07) is 4.35. The van der Waals surface area contributed by atoms with Gasteiger partial charge in [0.25, 0.3) is 0 Å². The molecule has 2 aromatic heterocycles. The highest BCUT2D eigenvalue weighted by atomic mass is 79.9. The summed E-state index contributed by atoms with van der Waals surface area (Å²) in [5, 5.41) is 5.44. The van der Waals surface area contributed by atoms with Gasteiger partial charge in [-0.2, -0.15) is 0 Å². The molecule has 0 saturated heterocycles. The highest BCUT2D eigenvalue weighted by Crippen LogP contribution is 2.38. The van der Waals surface area contributed by atoms with Crippen LogP contribution in [0.25, 0.3) is 21.9 Å². The largest absolute Gasteiger partial charge is 0.464 e. The molecular weight excluding hydrogens is 294 g/mol. The van der Waals surface area contributed by atoms with Crippen molar-refractivity contribution in [1.82, 2.24) is 5.32 Å². The van der Waals surface area contributed by atoms with Gasteiger partial charge >= 0.3 is 0 Å². The number of rotatable bonds is 3. The average Bonchev–Trinajstić information content (AvgIpc) is 3.02. The summed E-state index contributed by atoms with van der Waals surface area (Å²) >= 11 is 3.59. The zero-order valence-electron chi connectivity index (χ0n) is 10.3. The molecule has 0 aliphatic carbocycles. The number of hydrogen-bond donors (Lipinski definition) is 1. The molecule has 0 saturated carbocycles. The Morgan fingerprint density at radius 3 is 2.56 bits per heavy atom. The van der Waals surface area contributed by atoms with Gasteiger partial charge in [0.05, 0.1) is 17.0 Å². The molecule has 1 aromatic carbocycles. The maximum Gasteiger partial charge on any atom is 0.149 e. The van der Waals surface area contributed by atoms with E-state index in [1.165, 1.54) is 5.56 Å². The predicted molar refractivity (Wildman–Crippen MR) is 75.9 cm³/mol. The number of likely N-dealkylation sites (N-methyl/N-ethyl adjacent to an activating group) is 1. The summed E-state index contributed by atoms with van der Waals surface area (Å²) in [6.45, 7) is 2.16. The summed E-state index contributed by atoms with van der Waals surface area (Å²) in [7, 11) is 1.97. The number of hydrogen-bond acceptors (Lipinski definition) is 3. The van der Waals surface area contributed by atoms with Crippen molar-refractivity contribution in [3.8, 4) is 0 Å². The second kappa shape index (κ2) is 4.44. The molecule has 0 aliphatic rings. The Labute approximate surface area is 113 Å². The van der Waals surface area contributed by atoms with Crippen LogP contribution in [0.1, 0.15) is 12.5 Å². The van der Waals surface area contributed by atoms with Gasteiger partial charge in [-0.25, -0.2) is 0 Å². The third-order valence-corrected chi connectivity index (χ3v) is 4.16. The molecule has 0 spiro atoms. The van der Waals surface area contributed by atoms with Gasteiger partial charge in [0.2, 0.25) is 0 Å². The quantitative estimate of drug-likeness (QED) is 0.792. The predicted octanol–water partition coefficient (Wildman–Crippen LogP) is 4.09. The molecule has 0 radical (unpaired) electrons. The third kappa shape index (κ3) is 1.68. The summed E-state index contributed by atoms with van der Waals surface area (Å²) in [5.74, 6) is 0. The molecule has 2 heterocycles. The Bertz CT molecular complexity index is 647. The molecule has 0 aliphatic heterocycles. The molecule has 0 fully saturated rings. The van der Waals surface area contributed by atoms with Gasteiger partial charge in [-0.15, -0.1) is 0 Å². The van der Waals surface area contributed by atoms with Crippen LogP contribution >= 0.6 is 15.9 Å². The zero-order chi connectivity index (χ0) is 12.7. The van der Waals surface area contributed by atoms with E-state index >= 15 is 0 Å². The topological polar surface area (TPSA) is 38.3 Å². The minimum absolute atomic E-state index is 0.387. The van der Waals surface area contributed by atoms with Crippen LogP contribution in [0.2, 0.25) is 0 Å². The van der Waals surface area contributed by atoms with Crippen molar-refractivity contribution in [3.05, 3.63) is 34.7 Å². The minimum Gasteiger partial charge on any atom is -0.464 e. The third-order valence-electron chi connectivity index (χ3n) is 3.37. The lowest BCUT2D eigenvalue weighted by Crippen LogP contribution is -2.23. The molecule has 0 amide bonds. The smallest absolute Gasteiger partial charge is 0.149 e. The first-order valence-electron chi connectivity index (χ1n) is 5.94. The fraction of sp³-hybridized carbons (Fsp3) is 0.286. The summed E-state index contributed by atoms with van der Waals surface area (Å²) in [5.41, 5.74) is 3.03. The second-order valence-electron chi connectivity index (χ2n) is 4.51. The molecule has 1 atom stereocenters. The summed E-state index contributed by atoms with van der Waals surface area (Å²) < 4.78 is 12.2.